The number of hydrogen-bond acceptors (Lipinski definition) is 2. The summed E-state index contributed by atoms with van der Waals surface area (Å²) in [6.45, 7) is 1.37. The third-order valence-corrected chi connectivity index (χ3v) is 3.71. The van der Waals surface area contributed by atoms with Gasteiger partial charge >= 0.3 is 18.3 Å². The van der Waals surface area contributed by atoms with Crippen LogP contribution in [0.5, 0.6) is 0 Å². The van der Waals surface area contributed by atoms with E-state index in [-0.39, 0.29) is 6.61 Å². The Balaban J connectivity index is 3.43. The monoisotopic (exact) mass is 426 g/mol. The number of esters is 1. The zero-order chi connectivity index (χ0) is 16.4. The fourth-order valence-electron chi connectivity index (χ4n) is 1.63. The van der Waals surface area contributed by atoms with Crippen molar-refractivity contribution in [3.63, 3.8) is 0 Å². The van der Waals surface area contributed by atoms with E-state index in [0.29, 0.717) is 12.1 Å². The number of hydrogen-bond donors (Lipinski definition) is 0. The lowest BCUT2D eigenvalue weighted by Gasteiger charge is -2.18. The predicted octanol–water partition coefficient (Wildman–Crippen LogP) is 4.43. The second-order valence-corrected chi connectivity index (χ2v) is 5.01. The Hall–Kier alpha value is -1.00. The van der Waals surface area contributed by atoms with Crippen molar-refractivity contribution < 1.29 is 35.9 Å². The molecule has 0 unspecified atom stereocenters. The molecule has 21 heavy (non-hydrogen) atoms. The van der Waals surface area contributed by atoms with Gasteiger partial charge in [0.25, 0.3) is 0 Å². The van der Waals surface area contributed by atoms with Gasteiger partial charge in [-0.25, -0.2) is 0 Å². The first-order valence-electron chi connectivity index (χ1n) is 5.59. The van der Waals surface area contributed by atoms with Crippen molar-refractivity contribution in [1.29, 1.82) is 0 Å². The topological polar surface area (TPSA) is 26.3 Å². The normalized spacial score (nSPS) is 12.4. The van der Waals surface area contributed by atoms with Crippen LogP contribution in [-0.4, -0.2) is 12.6 Å². The molecule has 0 amide bonds. The summed E-state index contributed by atoms with van der Waals surface area (Å²) < 4.78 is 80.6. The van der Waals surface area contributed by atoms with E-state index in [4.69, 9.17) is 0 Å². The predicted molar refractivity (Wildman–Crippen MR) is 69.5 cm³/mol. The summed E-state index contributed by atoms with van der Waals surface area (Å²) in [5, 5.41) is 0. The van der Waals surface area contributed by atoms with Crippen LogP contribution in [0.2, 0.25) is 0 Å². The molecular weight excluding hydrogens is 417 g/mol. The van der Waals surface area contributed by atoms with Crippen LogP contribution in [0.15, 0.2) is 12.1 Å². The molecule has 0 radical (unpaired) electrons. The lowest BCUT2D eigenvalue weighted by molar-refractivity contribution is -0.145. The molecule has 0 spiro atoms. The maximum Gasteiger partial charge on any atom is 0.417 e. The first-order valence-corrected chi connectivity index (χ1v) is 6.67. The molecule has 0 atom stereocenters. The van der Waals surface area contributed by atoms with E-state index in [1.807, 2.05) is 0 Å². The van der Waals surface area contributed by atoms with Gasteiger partial charge in [-0.2, -0.15) is 26.3 Å². The first kappa shape index (κ1) is 18.1. The maximum absolute atomic E-state index is 12.9. The molecule has 9 heteroatoms. The molecule has 0 aliphatic rings. The summed E-state index contributed by atoms with van der Waals surface area (Å²) in [5.41, 5.74) is -3.21. The molecule has 0 fully saturated rings. The molecule has 0 heterocycles. The van der Waals surface area contributed by atoms with Crippen molar-refractivity contribution in [3.8, 4) is 0 Å². The lowest BCUT2D eigenvalue weighted by atomic mass is 10.0. The largest absolute Gasteiger partial charge is 0.466 e. The Morgan fingerprint density at radius 3 is 2.00 bits per heavy atom. The van der Waals surface area contributed by atoms with E-state index in [9.17, 15) is 31.1 Å². The fourth-order valence-corrected chi connectivity index (χ4v) is 2.60. The molecule has 0 aliphatic carbocycles. The molecule has 0 aromatic heterocycles. The average molecular weight is 426 g/mol. The number of carbonyl (C=O) groups excluding carboxylic acids is 1. The van der Waals surface area contributed by atoms with E-state index < -0.39 is 45.0 Å². The molecule has 118 valence electrons. The van der Waals surface area contributed by atoms with Crippen LogP contribution < -0.4 is 0 Å². The molecule has 0 saturated heterocycles. The molecule has 1 aromatic rings. The highest BCUT2D eigenvalue weighted by Gasteiger charge is 2.40. The lowest BCUT2D eigenvalue weighted by Crippen LogP contribution is -2.19. The quantitative estimate of drug-likeness (QED) is 0.406. The number of halogens is 7. The van der Waals surface area contributed by atoms with Crippen LogP contribution in [0.25, 0.3) is 0 Å². The summed E-state index contributed by atoms with van der Waals surface area (Å²) in [6.07, 6.45) is -10.5. The maximum atomic E-state index is 12.9. The van der Waals surface area contributed by atoms with E-state index >= 15 is 0 Å². The van der Waals surface area contributed by atoms with Gasteiger partial charge in [-0.3, -0.25) is 4.79 Å². The van der Waals surface area contributed by atoms with Crippen LogP contribution >= 0.6 is 22.6 Å². The molecule has 0 bridgehead atoms. The van der Waals surface area contributed by atoms with Crippen molar-refractivity contribution in [2.24, 2.45) is 0 Å². The Labute approximate surface area is 129 Å². The van der Waals surface area contributed by atoms with E-state index in [1.54, 1.807) is 0 Å². The van der Waals surface area contributed by atoms with Crippen molar-refractivity contribution >= 4 is 28.6 Å². The summed E-state index contributed by atoms with van der Waals surface area (Å²) in [7, 11) is 0. The Morgan fingerprint density at radius 1 is 1.10 bits per heavy atom. The van der Waals surface area contributed by atoms with E-state index in [2.05, 4.69) is 4.74 Å². The van der Waals surface area contributed by atoms with Gasteiger partial charge in [-0.1, -0.05) is 0 Å². The van der Waals surface area contributed by atoms with Gasteiger partial charge in [0.15, 0.2) is 0 Å². The van der Waals surface area contributed by atoms with Crippen molar-refractivity contribution in [2.75, 3.05) is 6.61 Å². The van der Waals surface area contributed by atoms with E-state index in [0.717, 1.165) is 0 Å². The van der Waals surface area contributed by atoms with Crippen LogP contribution in [0, 0.1) is 3.57 Å². The summed E-state index contributed by atoms with van der Waals surface area (Å²) in [4.78, 5) is 11.3. The second-order valence-electron chi connectivity index (χ2n) is 3.93. The third kappa shape index (κ3) is 4.48. The van der Waals surface area contributed by atoms with Gasteiger partial charge in [0.1, 0.15) is 0 Å². The number of benzene rings is 1. The average Bonchev–Trinajstić information content (AvgIpc) is 2.28. The SMILES string of the molecule is CCOC(=O)Cc1c(C(F)(F)F)ccc(C(F)(F)F)c1I. The Kier molecular flexibility index (Phi) is 5.51. The summed E-state index contributed by atoms with van der Waals surface area (Å²) >= 11 is 1.17. The summed E-state index contributed by atoms with van der Waals surface area (Å²) in [5.74, 6) is -1.01. The zero-order valence-electron chi connectivity index (χ0n) is 10.5. The van der Waals surface area contributed by atoms with Gasteiger partial charge in [0.05, 0.1) is 24.2 Å². The van der Waals surface area contributed by atoms with Crippen molar-refractivity contribution in [2.45, 2.75) is 25.7 Å². The van der Waals surface area contributed by atoms with E-state index in [1.165, 1.54) is 29.5 Å². The minimum atomic E-state index is -4.86. The van der Waals surface area contributed by atoms with Gasteiger partial charge < -0.3 is 4.74 Å². The summed E-state index contributed by atoms with van der Waals surface area (Å²) in [6, 6.07) is 0.693. The smallest absolute Gasteiger partial charge is 0.417 e. The minimum absolute atomic E-state index is 0.0737. The molecule has 1 aromatic carbocycles. The fraction of sp³-hybridized carbons (Fsp3) is 0.417. The number of carbonyl (C=O) groups is 1. The molecule has 0 aliphatic heterocycles. The number of ether oxygens (including phenoxy) is 1. The van der Waals surface area contributed by atoms with Gasteiger partial charge in [0, 0.05) is 3.57 Å². The highest BCUT2D eigenvalue weighted by Crippen LogP contribution is 2.40. The highest BCUT2D eigenvalue weighted by atomic mass is 127. The molecule has 0 saturated carbocycles. The second kappa shape index (κ2) is 6.41. The number of alkyl halides is 6. The van der Waals surface area contributed by atoms with Gasteiger partial charge in [-0.05, 0) is 47.2 Å². The van der Waals surface area contributed by atoms with Crippen molar-refractivity contribution in [3.05, 3.63) is 32.4 Å². The van der Waals surface area contributed by atoms with Crippen molar-refractivity contribution in [1.82, 2.24) is 0 Å². The first-order chi connectivity index (χ1) is 9.48. The molecule has 0 N–H and O–H groups in total. The third-order valence-electron chi connectivity index (χ3n) is 2.48. The minimum Gasteiger partial charge on any atom is -0.466 e. The van der Waals surface area contributed by atoms with Gasteiger partial charge in [0.2, 0.25) is 0 Å². The molecule has 2 nitrogen and oxygen atoms in total. The highest BCUT2D eigenvalue weighted by molar-refractivity contribution is 14.1. The Morgan fingerprint density at radius 2 is 1.57 bits per heavy atom. The Bertz CT molecular complexity index is 536. The molecule has 1 rings (SSSR count). The number of rotatable bonds is 3. The zero-order valence-corrected chi connectivity index (χ0v) is 12.7. The standard InChI is InChI=1S/C12H9F6IO2/c1-2-21-9(20)5-6-7(11(13,14)15)3-4-8(10(6)19)12(16,17)18/h3-4H,2,5H2,1H3. The van der Waals surface area contributed by atoms with Crippen LogP contribution in [0.3, 0.4) is 0 Å². The van der Waals surface area contributed by atoms with Crippen LogP contribution in [-0.2, 0) is 28.3 Å². The van der Waals surface area contributed by atoms with Gasteiger partial charge in [-0.15, -0.1) is 0 Å². The molecular formula is C12H9F6IO2. The van der Waals surface area contributed by atoms with Crippen LogP contribution in [0.1, 0.15) is 23.6 Å². The van der Waals surface area contributed by atoms with Crippen LogP contribution in [0.4, 0.5) is 26.3 Å².